The number of nitrogen functional groups attached to an aromatic ring is 1. The van der Waals surface area contributed by atoms with E-state index in [0.717, 1.165) is 42.7 Å². The number of aromatic nitrogens is 2. The Balaban J connectivity index is 1.11. The fourth-order valence-electron chi connectivity index (χ4n) is 7.16. The van der Waals surface area contributed by atoms with Crippen molar-refractivity contribution in [3.05, 3.63) is 101 Å². The summed E-state index contributed by atoms with van der Waals surface area (Å²) in [6, 6.07) is 21.7. The standard InChI is InChI=1S/C36H38N6O2/c1-41(2)36(43)31-4-3-15-39-34(31)24-8-6-23(7-9-24)33(37)32-17-27(19-40-35(32)38)26-10-5-22-11-13-28(14-12-25(22)16-26)42-29-18-30(42)21-44-20-29/h3-10,15-17,19,28-30,37H,11-14,18,20-21H2,1-2H3,(H2,38,40). The Kier molecular flexibility index (Phi) is 7.48. The number of pyridine rings is 2. The first-order valence-electron chi connectivity index (χ1n) is 15.5. The van der Waals surface area contributed by atoms with Crippen LogP contribution in [0.5, 0.6) is 0 Å². The topological polar surface area (TPSA) is 108 Å². The minimum atomic E-state index is -0.105. The summed E-state index contributed by atoms with van der Waals surface area (Å²) in [5, 5.41) is 9.02. The molecular weight excluding hydrogens is 548 g/mol. The number of ether oxygens (including phenoxy) is 1. The number of anilines is 1. The number of hydrogen-bond donors (Lipinski definition) is 2. The molecule has 0 saturated carbocycles. The van der Waals surface area contributed by atoms with Crippen molar-refractivity contribution in [1.29, 1.82) is 5.41 Å². The van der Waals surface area contributed by atoms with E-state index in [1.54, 1.807) is 37.3 Å². The summed E-state index contributed by atoms with van der Waals surface area (Å²) in [6.07, 6.45) is 9.34. The van der Waals surface area contributed by atoms with Crippen molar-refractivity contribution in [3.8, 4) is 22.4 Å². The lowest BCUT2D eigenvalue weighted by molar-refractivity contribution is -0.148. The van der Waals surface area contributed by atoms with Gasteiger partial charge in [-0.2, -0.15) is 0 Å². The van der Waals surface area contributed by atoms with E-state index in [-0.39, 0.29) is 5.91 Å². The van der Waals surface area contributed by atoms with Crippen LogP contribution in [0.25, 0.3) is 22.4 Å². The molecule has 1 amide bonds. The number of nitrogens with zero attached hydrogens (tertiary/aromatic N) is 4. The van der Waals surface area contributed by atoms with E-state index in [1.165, 1.54) is 30.4 Å². The second kappa shape index (κ2) is 11.6. The molecule has 3 aliphatic rings. The number of fused-ring (bicyclic) bond motifs is 3. The van der Waals surface area contributed by atoms with Crippen LogP contribution in [-0.2, 0) is 17.6 Å². The van der Waals surface area contributed by atoms with Gasteiger partial charge in [-0.1, -0.05) is 42.5 Å². The molecule has 1 aliphatic carbocycles. The number of morpholine rings is 1. The molecule has 3 unspecified atom stereocenters. The first-order valence-corrected chi connectivity index (χ1v) is 15.5. The number of carbonyl (C=O) groups is 1. The highest BCUT2D eigenvalue weighted by Gasteiger charge is 2.45. The van der Waals surface area contributed by atoms with Crippen LogP contribution in [0.15, 0.2) is 73.1 Å². The molecule has 2 aromatic carbocycles. The lowest BCUT2D eigenvalue weighted by atomic mass is 9.87. The van der Waals surface area contributed by atoms with Gasteiger partial charge in [-0.25, -0.2) is 4.98 Å². The molecule has 2 aliphatic heterocycles. The van der Waals surface area contributed by atoms with Crippen LogP contribution in [0.1, 0.15) is 51.9 Å². The largest absolute Gasteiger partial charge is 0.383 e. The molecule has 2 bridgehead atoms. The maximum atomic E-state index is 12.7. The number of amides is 1. The van der Waals surface area contributed by atoms with Gasteiger partial charge in [-0.3, -0.25) is 20.1 Å². The maximum Gasteiger partial charge on any atom is 0.255 e. The van der Waals surface area contributed by atoms with Gasteiger partial charge in [0, 0.05) is 66.9 Å². The molecule has 3 atom stereocenters. The molecule has 2 fully saturated rings. The third-order valence-corrected chi connectivity index (χ3v) is 9.54. The SMILES string of the molecule is CN(C)C(=O)c1cccnc1-c1ccc(C(=N)c2cc(-c3ccc4c(c3)CCC(N3C5COCC3C5)CC4)cnc2N)cc1. The van der Waals surface area contributed by atoms with E-state index in [9.17, 15) is 4.79 Å². The number of nitrogens with one attached hydrogen (secondary N) is 1. The van der Waals surface area contributed by atoms with Crippen LogP contribution in [0, 0.1) is 5.41 Å². The fraction of sp³-hybridized carbons (Fsp3) is 0.333. The van der Waals surface area contributed by atoms with Gasteiger partial charge in [0.25, 0.3) is 5.91 Å². The van der Waals surface area contributed by atoms with Crippen LogP contribution in [0.3, 0.4) is 0 Å². The normalized spacial score (nSPS) is 21.1. The molecule has 44 heavy (non-hydrogen) atoms. The van der Waals surface area contributed by atoms with Crippen molar-refractivity contribution >= 4 is 17.4 Å². The van der Waals surface area contributed by atoms with Gasteiger partial charge in [0.15, 0.2) is 0 Å². The molecule has 8 heteroatoms. The zero-order valence-electron chi connectivity index (χ0n) is 25.3. The van der Waals surface area contributed by atoms with Gasteiger partial charge in [-0.15, -0.1) is 0 Å². The predicted octanol–water partition coefficient (Wildman–Crippen LogP) is 5.23. The summed E-state index contributed by atoms with van der Waals surface area (Å²) in [5.41, 5.74) is 14.8. The van der Waals surface area contributed by atoms with Gasteiger partial charge < -0.3 is 15.4 Å². The Bertz CT molecular complexity index is 1720. The highest BCUT2D eigenvalue weighted by Crippen LogP contribution is 2.38. The van der Waals surface area contributed by atoms with Crippen LogP contribution in [0.4, 0.5) is 5.82 Å². The average Bonchev–Trinajstić information content (AvgIpc) is 3.26. The summed E-state index contributed by atoms with van der Waals surface area (Å²) in [5.74, 6) is 0.222. The van der Waals surface area contributed by atoms with Crippen molar-refractivity contribution in [2.75, 3.05) is 33.0 Å². The van der Waals surface area contributed by atoms with Gasteiger partial charge >= 0.3 is 0 Å². The van der Waals surface area contributed by atoms with Gasteiger partial charge in [0.2, 0.25) is 0 Å². The van der Waals surface area contributed by atoms with Crippen molar-refractivity contribution in [3.63, 3.8) is 0 Å². The maximum absolute atomic E-state index is 12.7. The Morgan fingerprint density at radius 2 is 1.61 bits per heavy atom. The third kappa shape index (κ3) is 5.18. The molecule has 7 rings (SSSR count). The lowest BCUT2D eigenvalue weighted by Crippen LogP contribution is -2.66. The molecule has 0 radical (unpaired) electrons. The minimum absolute atomic E-state index is 0.105. The molecule has 224 valence electrons. The van der Waals surface area contributed by atoms with E-state index in [4.69, 9.17) is 15.9 Å². The first kappa shape index (κ1) is 28.4. The molecular formula is C36H38N6O2. The fourth-order valence-corrected chi connectivity index (χ4v) is 7.16. The molecule has 3 N–H and O–H groups in total. The average molecular weight is 587 g/mol. The minimum Gasteiger partial charge on any atom is -0.383 e. The van der Waals surface area contributed by atoms with Crippen molar-refractivity contribution in [1.82, 2.24) is 19.8 Å². The van der Waals surface area contributed by atoms with Crippen LogP contribution >= 0.6 is 0 Å². The number of rotatable bonds is 6. The number of carbonyl (C=O) groups excluding carboxylic acids is 1. The van der Waals surface area contributed by atoms with E-state index < -0.39 is 0 Å². The Morgan fingerprint density at radius 1 is 0.886 bits per heavy atom. The second-order valence-corrected chi connectivity index (χ2v) is 12.5. The highest BCUT2D eigenvalue weighted by molar-refractivity contribution is 6.14. The van der Waals surface area contributed by atoms with E-state index in [1.807, 2.05) is 36.5 Å². The number of nitrogens with two attached hydrogens (primary N) is 1. The number of benzene rings is 2. The molecule has 4 aromatic rings. The van der Waals surface area contributed by atoms with Gasteiger partial charge in [0.1, 0.15) is 5.82 Å². The van der Waals surface area contributed by atoms with Crippen LogP contribution < -0.4 is 5.73 Å². The van der Waals surface area contributed by atoms with E-state index in [2.05, 4.69) is 33.1 Å². The second-order valence-electron chi connectivity index (χ2n) is 12.5. The van der Waals surface area contributed by atoms with E-state index in [0.29, 0.717) is 52.0 Å². The summed E-state index contributed by atoms with van der Waals surface area (Å²) in [4.78, 5) is 26.0. The van der Waals surface area contributed by atoms with Crippen molar-refractivity contribution < 1.29 is 9.53 Å². The molecule has 2 saturated heterocycles. The van der Waals surface area contributed by atoms with E-state index >= 15 is 0 Å². The Hall–Kier alpha value is -4.40. The van der Waals surface area contributed by atoms with Gasteiger partial charge in [-0.05, 0) is 67.0 Å². The number of hydrogen-bond acceptors (Lipinski definition) is 7. The van der Waals surface area contributed by atoms with Crippen LogP contribution in [-0.4, -0.2) is 76.8 Å². The molecule has 8 nitrogen and oxygen atoms in total. The summed E-state index contributed by atoms with van der Waals surface area (Å²) >= 11 is 0. The summed E-state index contributed by atoms with van der Waals surface area (Å²) in [6.45, 7) is 1.78. The Labute approximate surface area is 258 Å². The summed E-state index contributed by atoms with van der Waals surface area (Å²) in [7, 11) is 3.46. The summed E-state index contributed by atoms with van der Waals surface area (Å²) < 4.78 is 5.73. The van der Waals surface area contributed by atoms with Crippen molar-refractivity contribution in [2.24, 2.45) is 0 Å². The monoisotopic (exact) mass is 586 g/mol. The van der Waals surface area contributed by atoms with Gasteiger partial charge in [0.05, 0.1) is 30.2 Å². The zero-order chi connectivity index (χ0) is 30.4. The quantitative estimate of drug-likeness (QED) is 0.237. The zero-order valence-corrected chi connectivity index (χ0v) is 25.3. The van der Waals surface area contributed by atoms with Crippen molar-refractivity contribution in [2.45, 2.75) is 50.2 Å². The third-order valence-electron chi connectivity index (χ3n) is 9.54. The molecule has 4 heterocycles. The Morgan fingerprint density at radius 3 is 2.34 bits per heavy atom. The highest BCUT2D eigenvalue weighted by atomic mass is 16.5. The predicted molar refractivity (Wildman–Crippen MR) is 173 cm³/mol. The molecule has 0 spiro atoms. The smallest absolute Gasteiger partial charge is 0.255 e. The first-order chi connectivity index (χ1) is 21.4. The lowest BCUT2D eigenvalue weighted by Gasteiger charge is -2.56. The number of aryl methyl sites for hydroxylation is 2. The molecule has 2 aromatic heterocycles. The van der Waals surface area contributed by atoms with Crippen LogP contribution in [0.2, 0.25) is 0 Å².